The van der Waals surface area contributed by atoms with Crippen molar-refractivity contribution in [2.45, 2.75) is 18.0 Å². The van der Waals surface area contributed by atoms with Crippen LogP contribution in [0.25, 0.3) is 6.08 Å². The van der Waals surface area contributed by atoms with Gasteiger partial charge in [0.1, 0.15) is 11.8 Å². The van der Waals surface area contributed by atoms with Crippen LogP contribution in [0.3, 0.4) is 0 Å². The van der Waals surface area contributed by atoms with Crippen LogP contribution in [0.4, 0.5) is 5.69 Å². The number of fused-ring (bicyclic) bond motifs is 3. The van der Waals surface area contributed by atoms with Crippen molar-refractivity contribution in [1.82, 2.24) is 0 Å². The number of carbonyl (C=O) groups is 1. The number of halogens is 1. The largest absolute Gasteiger partial charge is 0.496 e. The summed E-state index contributed by atoms with van der Waals surface area (Å²) in [6.07, 6.45) is 3.83. The first-order valence-corrected chi connectivity index (χ1v) is 11.7. The van der Waals surface area contributed by atoms with E-state index in [1.807, 2.05) is 71.6 Å². The molecule has 0 aromatic heterocycles. The summed E-state index contributed by atoms with van der Waals surface area (Å²) < 4.78 is 6.00. The molecule has 0 N–H and O–H groups in total. The number of carbonyl (C=O) groups excluding carboxylic acids is 1. The minimum Gasteiger partial charge on any atom is -0.496 e. The van der Waals surface area contributed by atoms with Crippen LogP contribution in [0.5, 0.6) is 5.75 Å². The van der Waals surface area contributed by atoms with Gasteiger partial charge in [-0.1, -0.05) is 60.7 Å². The fourth-order valence-electron chi connectivity index (χ4n) is 5.26. The molecule has 2 aliphatic rings. The van der Waals surface area contributed by atoms with E-state index < -0.39 is 23.4 Å². The molecule has 2 aliphatic heterocycles. The lowest BCUT2D eigenvalue weighted by Gasteiger charge is -2.35. The number of ether oxygens (including phenoxy) is 1. The van der Waals surface area contributed by atoms with Gasteiger partial charge in [0, 0.05) is 17.2 Å². The summed E-state index contributed by atoms with van der Waals surface area (Å²) in [4.78, 5) is 16.2. The minimum absolute atomic E-state index is 0.153. The highest BCUT2D eigenvalue weighted by Crippen LogP contribution is 2.55. The summed E-state index contributed by atoms with van der Waals surface area (Å²) in [7, 11) is 1.57. The van der Waals surface area contributed by atoms with Crippen LogP contribution < -0.4 is 9.64 Å². The molecule has 3 aromatic carbocycles. The van der Waals surface area contributed by atoms with E-state index in [9.17, 15) is 15.3 Å². The molecule has 0 saturated carbocycles. The Morgan fingerprint density at radius 3 is 2.41 bits per heavy atom. The number of anilines is 1. The zero-order chi connectivity index (χ0) is 23.9. The van der Waals surface area contributed by atoms with E-state index in [0.29, 0.717) is 15.8 Å². The number of nitrogens with zero attached hydrogens (tertiary/aromatic N) is 3. The molecule has 3 aromatic rings. The first-order valence-electron chi connectivity index (χ1n) is 10.9. The number of para-hydroxylation sites is 1. The van der Waals surface area contributed by atoms with Gasteiger partial charge in [-0.25, -0.2) is 0 Å². The van der Waals surface area contributed by atoms with E-state index in [4.69, 9.17) is 4.74 Å². The van der Waals surface area contributed by atoms with Crippen LogP contribution >= 0.6 is 15.9 Å². The van der Waals surface area contributed by atoms with E-state index >= 15 is 0 Å². The third-order valence-corrected chi connectivity index (χ3v) is 7.40. The second-order valence-corrected chi connectivity index (χ2v) is 9.26. The summed E-state index contributed by atoms with van der Waals surface area (Å²) in [5.41, 5.74) is 1.61. The Hall–Kier alpha value is -3.87. The Kier molecular flexibility index (Phi) is 5.48. The third-order valence-electron chi connectivity index (χ3n) is 6.78. The molecule has 0 amide bonds. The van der Waals surface area contributed by atoms with E-state index in [2.05, 4.69) is 28.1 Å². The van der Waals surface area contributed by atoms with Gasteiger partial charge >= 0.3 is 0 Å². The second kappa shape index (κ2) is 8.48. The summed E-state index contributed by atoms with van der Waals surface area (Å²) in [5.74, 6) is -0.187. The van der Waals surface area contributed by atoms with Gasteiger partial charge in [-0.05, 0) is 51.3 Å². The molecule has 166 valence electrons. The lowest BCUT2D eigenvalue weighted by Crippen LogP contribution is -2.44. The molecule has 0 spiro atoms. The highest BCUT2D eigenvalue weighted by molar-refractivity contribution is 9.10. The van der Waals surface area contributed by atoms with Gasteiger partial charge in [0.25, 0.3) is 0 Å². The van der Waals surface area contributed by atoms with E-state index in [0.717, 1.165) is 16.8 Å². The molecular weight excluding hydrogens is 490 g/mol. The van der Waals surface area contributed by atoms with E-state index in [1.54, 1.807) is 25.3 Å². The summed E-state index contributed by atoms with van der Waals surface area (Å²) >= 11 is 3.48. The molecular formula is C28H20BrN3O2. The lowest BCUT2D eigenvalue weighted by molar-refractivity contribution is 0.0951. The van der Waals surface area contributed by atoms with Gasteiger partial charge in [-0.15, -0.1) is 0 Å². The number of benzene rings is 3. The third kappa shape index (κ3) is 3.15. The molecule has 0 unspecified atom stereocenters. The Bertz CT molecular complexity index is 1370. The number of ketones is 1. The first kappa shape index (κ1) is 21.9. The number of hydrogen-bond acceptors (Lipinski definition) is 5. The molecule has 5 rings (SSSR count). The van der Waals surface area contributed by atoms with Crippen LogP contribution in [0.1, 0.15) is 27.4 Å². The topological polar surface area (TPSA) is 77.1 Å². The predicted octanol–water partition coefficient (Wildman–Crippen LogP) is 5.74. The molecule has 34 heavy (non-hydrogen) atoms. The first-order chi connectivity index (χ1) is 16.6. The van der Waals surface area contributed by atoms with E-state index in [-0.39, 0.29) is 5.78 Å². The molecule has 2 heterocycles. The number of hydrogen-bond donors (Lipinski definition) is 0. The maximum atomic E-state index is 14.2. The van der Waals surface area contributed by atoms with Gasteiger partial charge in [-0.2, -0.15) is 10.5 Å². The van der Waals surface area contributed by atoms with Gasteiger partial charge < -0.3 is 9.64 Å². The highest BCUT2D eigenvalue weighted by Gasteiger charge is 2.63. The van der Waals surface area contributed by atoms with Crippen molar-refractivity contribution in [3.8, 4) is 17.9 Å². The smallest absolute Gasteiger partial charge is 0.186 e. The van der Waals surface area contributed by atoms with Crippen molar-refractivity contribution >= 4 is 33.5 Å². The van der Waals surface area contributed by atoms with Crippen LogP contribution in [-0.4, -0.2) is 25.0 Å². The zero-order valence-corrected chi connectivity index (χ0v) is 19.9. The molecule has 6 heteroatoms. The van der Waals surface area contributed by atoms with Crippen LogP contribution in [0, 0.1) is 28.1 Å². The zero-order valence-electron chi connectivity index (χ0n) is 18.4. The molecule has 1 saturated heterocycles. The Balaban J connectivity index is 1.76. The molecule has 3 atom stereocenters. The van der Waals surface area contributed by atoms with Crippen molar-refractivity contribution in [3.05, 3.63) is 100 Å². The molecule has 1 fully saturated rings. The van der Waals surface area contributed by atoms with Gasteiger partial charge in [-0.3, -0.25) is 4.79 Å². The van der Waals surface area contributed by atoms with Crippen LogP contribution in [0.15, 0.2) is 83.3 Å². The average Bonchev–Trinajstić information content (AvgIpc) is 3.19. The van der Waals surface area contributed by atoms with Crippen molar-refractivity contribution in [2.75, 3.05) is 12.0 Å². The van der Waals surface area contributed by atoms with Crippen molar-refractivity contribution < 1.29 is 9.53 Å². The van der Waals surface area contributed by atoms with Crippen LogP contribution in [-0.2, 0) is 0 Å². The molecule has 0 aliphatic carbocycles. The normalized spacial score (nSPS) is 21.6. The molecule has 0 radical (unpaired) electrons. The Morgan fingerprint density at radius 2 is 1.74 bits per heavy atom. The number of methoxy groups -OCH3 is 1. The van der Waals surface area contributed by atoms with Crippen molar-refractivity contribution in [1.29, 1.82) is 10.5 Å². The second-order valence-electron chi connectivity index (χ2n) is 8.41. The standard InChI is InChI=1S/C28H20BrN3O2/c1-34-23-13-11-20(15-21(23)29)27(33)26-25(19-8-3-2-4-9-19)28(16-30,17-31)24-14-12-18-7-5-6-10-22(18)32(24)26/h2-15,24-26H,1H3/t24-,25-,26+/m1/s1. The van der Waals surface area contributed by atoms with Gasteiger partial charge in [0.2, 0.25) is 0 Å². The lowest BCUT2D eigenvalue weighted by atomic mass is 9.69. The summed E-state index contributed by atoms with van der Waals surface area (Å²) in [6, 6.07) is 25.8. The number of Topliss-reactive ketones (excluding diaryl/α,β-unsaturated/α-hetero) is 1. The maximum Gasteiger partial charge on any atom is 0.186 e. The van der Waals surface area contributed by atoms with Crippen LogP contribution in [0.2, 0.25) is 0 Å². The fourth-order valence-corrected chi connectivity index (χ4v) is 5.80. The average molecular weight is 510 g/mol. The predicted molar refractivity (Wildman–Crippen MR) is 133 cm³/mol. The van der Waals surface area contributed by atoms with E-state index in [1.165, 1.54) is 0 Å². The number of nitriles is 2. The Labute approximate surface area is 206 Å². The fraction of sp³-hybridized carbons (Fsp3) is 0.179. The van der Waals surface area contributed by atoms with Gasteiger partial charge in [0.05, 0.1) is 29.8 Å². The van der Waals surface area contributed by atoms with Crippen molar-refractivity contribution in [3.63, 3.8) is 0 Å². The Morgan fingerprint density at radius 1 is 1.03 bits per heavy atom. The molecule has 5 nitrogen and oxygen atoms in total. The summed E-state index contributed by atoms with van der Waals surface area (Å²) in [5, 5.41) is 20.9. The highest BCUT2D eigenvalue weighted by atomic mass is 79.9. The monoisotopic (exact) mass is 509 g/mol. The quantitative estimate of drug-likeness (QED) is 0.419. The van der Waals surface area contributed by atoms with Gasteiger partial charge in [0.15, 0.2) is 11.2 Å². The molecule has 0 bridgehead atoms. The number of rotatable bonds is 4. The van der Waals surface area contributed by atoms with Crippen molar-refractivity contribution in [2.24, 2.45) is 5.41 Å². The SMILES string of the molecule is COc1ccc(C(=O)[C@@H]2[C@@H](c3ccccc3)C(C#N)(C#N)[C@H]3C=Cc4ccccc4N23)cc1Br. The summed E-state index contributed by atoms with van der Waals surface area (Å²) in [6.45, 7) is 0. The minimum atomic E-state index is -1.45. The maximum absolute atomic E-state index is 14.2.